The Labute approximate surface area is 176 Å². The molecule has 1 aliphatic heterocycles. The second kappa shape index (κ2) is 9.39. The van der Waals surface area contributed by atoms with Crippen molar-refractivity contribution in [2.24, 2.45) is 0 Å². The van der Waals surface area contributed by atoms with E-state index in [0.29, 0.717) is 37.8 Å². The summed E-state index contributed by atoms with van der Waals surface area (Å²) in [6, 6.07) is 21.1. The second-order valence-corrected chi connectivity index (χ2v) is 7.05. The highest BCUT2D eigenvalue weighted by molar-refractivity contribution is 5.91. The molecule has 2 heterocycles. The van der Waals surface area contributed by atoms with Crippen molar-refractivity contribution < 1.29 is 18.7 Å². The zero-order valence-corrected chi connectivity index (χ0v) is 17.1. The number of carbonyl (C=O) groups excluding carboxylic acids is 1. The Morgan fingerprint density at radius 2 is 1.63 bits per heavy atom. The Morgan fingerprint density at radius 3 is 2.40 bits per heavy atom. The van der Waals surface area contributed by atoms with Gasteiger partial charge in [-0.3, -0.25) is 4.79 Å². The lowest BCUT2D eigenvalue weighted by Gasteiger charge is -2.36. The first-order valence-electron chi connectivity index (χ1n) is 10.3. The van der Waals surface area contributed by atoms with Crippen molar-refractivity contribution in [3.63, 3.8) is 0 Å². The number of amides is 1. The number of ether oxygens (including phenoxy) is 2. The number of benzene rings is 2. The smallest absolute Gasteiger partial charge is 0.289 e. The molecular formula is C24H26N2O4. The third kappa shape index (κ3) is 4.59. The van der Waals surface area contributed by atoms with Crippen LogP contribution in [0.25, 0.3) is 0 Å². The quantitative estimate of drug-likeness (QED) is 0.588. The Hall–Kier alpha value is -3.41. The van der Waals surface area contributed by atoms with Crippen LogP contribution in [0.5, 0.6) is 11.5 Å². The van der Waals surface area contributed by atoms with E-state index in [-0.39, 0.29) is 5.91 Å². The predicted octanol–water partition coefficient (Wildman–Crippen LogP) is 4.22. The van der Waals surface area contributed by atoms with Gasteiger partial charge in [0.1, 0.15) is 23.9 Å². The molecule has 1 amide bonds. The molecule has 30 heavy (non-hydrogen) atoms. The topological polar surface area (TPSA) is 55.2 Å². The summed E-state index contributed by atoms with van der Waals surface area (Å²) in [5, 5.41) is 0. The van der Waals surface area contributed by atoms with Crippen molar-refractivity contribution in [1.29, 1.82) is 0 Å². The van der Waals surface area contributed by atoms with Crippen LogP contribution >= 0.6 is 0 Å². The maximum absolute atomic E-state index is 12.8. The van der Waals surface area contributed by atoms with Gasteiger partial charge in [0.05, 0.1) is 12.3 Å². The monoisotopic (exact) mass is 406 g/mol. The van der Waals surface area contributed by atoms with Crippen molar-refractivity contribution in [1.82, 2.24) is 4.90 Å². The van der Waals surface area contributed by atoms with Crippen LogP contribution in [-0.2, 0) is 6.61 Å². The van der Waals surface area contributed by atoms with Gasteiger partial charge in [-0.25, -0.2) is 0 Å². The highest BCUT2D eigenvalue weighted by Gasteiger charge is 2.25. The van der Waals surface area contributed by atoms with Crippen LogP contribution in [-0.4, -0.2) is 43.6 Å². The van der Waals surface area contributed by atoms with E-state index >= 15 is 0 Å². The molecule has 0 atom stereocenters. The second-order valence-electron chi connectivity index (χ2n) is 7.05. The maximum Gasteiger partial charge on any atom is 0.289 e. The van der Waals surface area contributed by atoms with Crippen LogP contribution in [0.3, 0.4) is 0 Å². The molecule has 0 spiro atoms. The Kier molecular flexibility index (Phi) is 6.23. The molecule has 0 N–H and O–H groups in total. The summed E-state index contributed by atoms with van der Waals surface area (Å²) >= 11 is 0. The average molecular weight is 406 g/mol. The number of nitrogens with zero attached hydrogens (tertiary/aromatic N) is 2. The van der Waals surface area contributed by atoms with Crippen LogP contribution < -0.4 is 14.4 Å². The number of para-hydroxylation sites is 3. The summed E-state index contributed by atoms with van der Waals surface area (Å²) in [7, 11) is 0. The number of hydrogen-bond donors (Lipinski definition) is 0. The lowest BCUT2D eigenvalue weighted by Crippen LogP contribution is -2.48. The SMILES string of the molecule is CCOc1ccccc1N1CCN(C(=O)c2ccc(COc3ccccc3)o2)CC1. The van der Waals surface area contributed by atoms with E-state index in [9.17, 15) is 4.79 Å². The zero-order valence-electron chi connectivity index (χ0n) is 17.1. The van der Waals surface area contributed by atoms with Gasteiger partial charge in [0, 0.05) is 26.2 Å². The molecule has 0 saturated carbocycles. The molecule has 0 radical (unpaired) electrons. The van der Waals surface area contributed by atoms with E-state index in [1.54, 1.807) is 12.1 Å². The van der Waals surface area contributed by atoms with Gasteiger partial charge >= 0.3 is 0 Å². The molecule has 6 heteroatoms. The Bertz CT molecular complexity index is 962. The molecule has 0 unspecified atom stereocenters. The van der Waals surface area contributed by atoms with Gasteiger partial charge in [-0.1, -0.05) is 30.3 Å². The van der Waals surface area contributed by atoms with E-state index in [1.807, 2.05) is 60.4 Å². The zero-order chi connectivity index (χ0) is 20.8. The predicted molar refractivity (Wildman–Crippen MR) is 115 cm³/mol. The summed E-state index contributed by atoms with van der Waals surface area (Å²) in [5.74, 6) is 2.55. The molecule has 1 aliphatic rings. The van der Waals surface area contributed by atoms with Crippen molar-refractivity contribution in [3.05, 3.63) is 78.3 Å². The maximum atomic E-state index is 12.8. The number of carbonyl (C=O) groups is 1. The number of rotatable bonds is 7. The number of piperazine rings is 1. The number of anilines is 1. The van der Waals surface area contributed by atoms with Crippen LogP contribution in [0, 0.1) is 0 Å². The lowest BCUT2D eigenvalue weighted by molar-refractivity contribution is 0.0710. The highest BCUT2D eigenvalue weighted by atomic mass is 16.5. The third-order valence-electron chi connectivity index (χ3n) is 5.07. The first-order valence-corrected chi connectivity index (χ1v) is 10.3. The summed E-state index contributed by atoms with van der Waals surface area (Å²) in [4.78, 5) is 16.9. The number of hydrogen-bond acceptors (Lipinski definition) is 5. The van der Waals surface area contributed by atoms with E-state index in [4.69, 9.17) is 13.9 Å². The van der Waals surface area contributed by atoms with Crippen LogP contribution in [0.2, 0.25) is 0 Å². The van der Waals surface area contributed by atoms with Crippen molar-refractivity contribution >= 4 is 11.6 Å². The standard InChI is InChI=1S/C24H26N2O4/c1-2-28-22-11-7-6-10-21(22)25-14-16-26(17-15-25)24(27)23-13-12-20(30-23)18-29-19-8-4-3-5-9-19/h3-13H,2,14-18H2,1H3. The molecule has 1 aromatic heterocycles. The minimum atomic E-state index is -0.0845. The van der Waals surface area contributed by atoms with Crippen molar-refractivity contribution in [3.8, 4) is 11.5 Å². The molecule has 2 aromatic carbocycles. The van der Waals surface area contributed by atoms with Crippen LogP contribution in [0.4, 0.5) is 5.69 Å². The minimum absolute atomic E-state index is 0.0845. The van der Waals surface area contributed by atoms with Crippen molar-refractivity contribution in [2.75, 3.05) is 37.7 Å². The summed E-state index contributed by atoms with van der Waals surface area (Å²) in [6.45, 7) is 5.67. The molecule has 1 saturated heterocycles. The molecule has 0 bridgehead atoms. The van der Waals surface area contributed by atoms with Gasteiger partial charge in [0.2, 0.25) is 0 Å². The van der Waals surface area contributed by atoms with E-state index < -0.39 is 0 Å². The van der Waals surface area contributed by atoms with Gasteiger partial charge < -0.3 is 23.7 Å². The molecule has 0 aliphatic carbocycles. The summed E-state index contributed by atoms with van der Waals surface area (Å²) in [6.07, 6.45) is 0. The van der Waals surface area contributed by atoms with E-state index in [1.165, 1.54) is 0 Å². The van der Waals surface area contributed by atoms with Gasteiger partial charge in [-0.15, -0.1) is 0 Å². The largest absolute Gasteiger partial charge is 0.492 e. The van der Waals surface area contributed by atoms with Crippen LogP contribution in [0.1, 0.15) is 23.2 Å². The Balaban J connectivity index is 1.33. The first kappa shape index (κ1) is 19.9. The Morgan fingerprint density at radius 1 is 0.900 bits per heavy atom. The molecule has 1 fully saturated rings. The molecule has 156 valence electrons. The average Bonchev–Trinajstić information content (AvgIpc) is 3.28. The molecule has 4 rings (SSSR count). The molecular weight excluding hydrogens is 380 g/mol. The minimum Gasteiger partial charge on any atom is -0.492 e. The van der Waals surface area contributed by atoms with E-state index in [0.717, 1.165) is 30.3 Å². The van der Waals surface area contributed by atoms with Gasteiger partial charge in [-0.2, -0.15) is 0 Å². The number of furan rings is 1. The fourth-order valence-corrected chi connectivity index (χ4v) is 3.54. The van der Waals surface area contributed by atoms with Gasteiger partial charge in [0.25, 0.3) is 5.91 Å². The lowest BCUT2D eigenvalue weighted by atomic mass is 10.2. The normalized spacial score (nSPS) is 13.9. The highest BCUT2D eigenvalue weighted by Crippen LogP contribution is 2.29. The first-order chi connectivity index (χ1) is 14.7. The fourth-order valence-electron chi connectivity index (χ4n) is 3.54. The van der Waals surface area contributed by atoms with E-state index in [2.05, 4.69) is 11.0 Å². The van der Waals surface area contributed by atoms with Crippen molar-refractivity contribution in [2.45, 2.75) is 13.5 Å². The van der Waals surface area contributed by atoms with Crippen LogP contribution in [0.15, 0.2) is 71.1 Å². The van der Waals surface area contributed by atoms with Gasteiger partial charge in [-0.05, 0) is 43.3 Å². The summed E-state index contributed by atoms with van der Waals surface area (Å²) < 4.78 is 17.2. The molecule has 3 aromatic rings. The third-order valence-corrected chi connectivity index (χ3v) is 5.07. The fraction of sp³-hybridized carbons (Fsp3) is 0.292. The van der Waals surface area contributed by atoms with Gasteiger partial charge in [0.15, 0.2) is 5.76 Å². The summed E-state index contributed by atoms with van der Waals surface area (Å²) in [5.41, 5.74) is 1.07. The molecule has 6 nitrogen and oxygen atoms in total.